The molecule has 164 valence electrons. The number of benzene rings is 2. The van der Waals surface area contributed by atoms with Gasteiger partial charge < -0.3 is 26.2 Å². The molecule has 0 aromatic heterocycles. The average Bonchev–Trinajstić information content (AvgIpc) is 3.25. The summed E-state index contributed by atoms with van der Waals surface area (Å²) in [7, 11) is 0. The maximum atomic E-state index is 13.4. The lowest BCUT2D eigenvalue weighted by atomic mass is 9.64. The molecule has 6 N–H and O–H groups in total. The van der Waals surface area contributed by atoms with Gasteiger partial charge in [0.15, 0.2) is 11.4 Å². The summed E-state index contributed by atoms with van der Waals surface area (Å²) in [6.45, 7) is 0. The summed E-state index contributed by atoms with van der Waals surface area (Å²) in [5, 5.41) is 43.9. The molecule has 0 aliphatic heterocycles. The Morgan fingerprint density at radius 3 is 2.53 bits per heavy atom. The molecule has 2 aromatic carbocycles. The molecule has 8 nitrogen and oxygen atoms in total. The third-order valence-corrected chi connectivity index (χ3v) is 6.91. The lowest BCUT2D eigenvalue weighted by Gasteiger charge is -2.41. The number of carbonyl (C=O) groups is 3. The summed E-state index contributed by atoms with van der Waals surface area (Å²) in [5.74, 6) is -5.90. The normalized spacial score (nSPS) is 25.0. The predicted molar refractivity (Wildman–Crippen MR) is 114 cm³/mol. The number of hydrogen-bond donors (Lipinski definition) is 5. The minimum absolute atomic E-state index is 0.00292. The van der Waals surface area contributed by atoms with Crippen molar-refractivity contribution in [1.29, 1.82) is 0 Å². The summed E-state index contributed by atoms with van der Waals surface area (Å²) < 4.78 is 0. The molecule has 0 saturated heterocycles. The van der Waals surface area contributed by atoms with Crippen LogP contribution in [0, 0.1) is 5.92 Å². The highest BCUT2D eigenvalue weighted by molar-refractivity contribution is 6.23. The zero-order valence-electron chi connectivity index (χ0n) is 17.0. The lowest BCUT2D eigenvalue weighted by molar-refractivity contribution is -0.125. The Balaban J connectivity index is 1.78. The van der Waals surface area contributed by atoms with Gasteiger partial charge in [0.2, 0.25) is 5.78 Å². The minimum atomic E-state index is -2.57. The van der Waals surface area contributed by atoms with Crippen molar-refractivity contribution in [1.82, 2.24) is 0 Å². The number of aliphatic hydroxyl groups is 2. The number of hydrogen-bond acceptors (Lipinski definition) is 7. The zero-order chi connectivity index (χ0) is 22.9. The van der Waals surface area contributed by atoms with E-state index in [9.17, 15) is 34.8 Å². The fourth-order valence-electron chi connectivity index (χ4n) is 5.35. The summed E-state index contributed by atoms with van der Waals surface area (Å²) in [6.07, 6.45) is 4.51. The van der Waals surface area contributed by atoms with Gasteiger partial charge in [-0.05, 0) is 59.9 Å². The third-order valence-electron chi connectivity index (χ3n) is 6.91. The van der Waals surface area contributed by atoms with Crippen LogP contribution in [0.5, 0.6) is 11.5 Å². The van der Waals surface area contributed by atoms with E-state index in [2.05, 4.69) is 6.08 Å². The van der Waals surface area contributed by atoms with Gasteiger partial charge in [0.25, 0.3) is 5.91 Å². The first-order valence-electron chi connectivity index (χ1n) is 10.4. The molecule has 0 radical (unpaired) electrons. The smallest absolute Gasteiger partial charge is 0.255 e. The van der Waals surface area contributed by atoms with Crippen LogP contribution in [0.25, 0.3) is 16.3 Å². The highest BCUT2D eigenvalue weighted by Gasteiger charge is 2.57. The number of nitrogens with two attached hydrogens (primary N) is 1. The van der Waals surface area contributed by atoms with Crippen molar-refractivity contribution in [3.05, 3.63) is 52.3 Å². The first kappa shape index (κ1) is 20.3. The van der Waals surface area contributed by atoms with Crippen LogP contribution < -0.4 is 5.73 Å². The number of fused-ring (bicyclic) bond motifs is 3. The molecule has 3 aliphatic carbocycles. The summed E-state index contributed by atoms with van der Waals surface area (Å²) in [4.78, 5) is 37.5. The maximum absolute atomic E-state index is 13.4. The van der Waals surface area contributed by atoms with Crippen molar-refractivity contribution in [2.75, 3.05) is 0 Å². The van der Waals surface area contributed by atoms with Gasteiger partial charge in [-0.25, -0.2) is 0 Å². The van der Waals surface area contributed by atoms with Crippen LogP contribution in [-0.4, -0.2) is 43.5 Å². The van der Waals surface area contributed by atoms with Crippen LogP contribution in [0.1, 0.15) is 47.2 Å². The number of aromatic hydroxyl groups is 2. The van der Waals surface area contributed by atoms with Crippen LogP contribution in [0.4, 0.5) is 0 Å². The molecule has 8 heteroatoms. The van der Waals surface area contributed by atoms with Crippen molar-refractivity contribution >= 4 is 33.8 Å². The van der Waals surface area contributed by atoms with Crippen molar-refractivity contribution in [2.24, 2.45) is 11.7 Å². The van der Waals surface area contributed by atoms with Crippen LogP contribution in [0.15, 0.2) is 35.6 Å². The molecule has 2 atom stereocenters. The van der Waals surface area contributed by atoms with Gasteiger partial charge in [0.1, 0.15) is 22.8 Å². The van der Waals surface area contributed by atoms with E-state index in [0.29, 0.717) is 10.9 Å². The second-order valence-corrected chi connectivity index (χ2v) is 8.65. The lowest BCUT2D eigenvalue weighted by Crippen LogP contribution is -2.56. The molecule has 0 heterocycles. The van der Waals surface area contributed by atoms with Crippen LogP contribution in [-0.2, 0) is 16.0 Å². The van der Waals surface area contributed by atoms with Crippen molar-refractivity contribution in [3.63, 3.8) is 0 Å². The standard InChI is InChI=1S/C24H21NO7/c25-23(31)19-16(27)9-12-7-11-8-14-13(10-3-1-2-4-10)5-6-15(26)18(14)20(28)17(11)21(29)24(12,32)22(19)30/h3,5-6,8,12,26,28,30,32H,1-2,4,7,9H2,(H2,25,31). The molecule has 32 heavy (non-hydrogen) atoms. The first-order valence-corrected chi connectivity index (χ1v) is 10.4. The van der Waals surface area contributed by atoms with E-state index < -0.39 is 46.1 Å². The molecule has 1 amide bonds. The van der Waals surface area contributed by atoms with E-state index in [1.807, 2.05) is 0 Å². The van der Waals surface area contributed by atoms with Crippen LogP contribution in [0.3, 0.4) is 0 Å². The Morgan fingerprint density at radius 2 is 1.88 bits per heavy atom. The minimum Gasteiger partial charge on any atom is -0.508 e. The van der Waals surface area contributed by atoms with E-state index in [1.165, 1.54) is 6.07 Å². The Morgan fingerprint density at radius 1 is 1.12 bits per heavy atom. The van der Waals surface area contributed by atoms with Crippen molar-refractivity contribution < 1.29 is 34.8 Å². The second-order valence-electron chi connectivity index (χ2n) is 8.65. The van der Waals surface area contributed by atoms with Crippen molar-refractivity contribution in [2.45, 2.75) is 37.7 Å². The van der Waals surface area contributed by atoms with E-state index in [0.717, 1.165) is 30.4 Å². The average molecular weight is 435 g/mol. The number of ketones is 2. The number of carbonyl (C=O) groups excluding carboxylic acids is 3. The number of primary amides is 1. The molecule has 0 bridgehead atoms. The van der Waals surface area contributed by atoms with Crippen molar-refractivity contribution in [3.8, 4) is 11.5 Å². The van der Waals surface area contributed by atoms with Gasteiger partial charge in [-0.1, -0.05) is 12.1 Å². The van der Waals surface area contributed by atoms with Gasteiger partial charge in [0.05, 0.1) is 10.9 Å². The largest absolute Gasteiger partial charge is 0.508 e. The topological polar surface area (TPSA) is 158 Å². The molecule has 0 spiro atoms. The SMILES string of the molecule is NC(=O)C1=C(O)C2(O)C(=O)c3c(cc4c(C5=CCCC5)ccc(O)c4c3O)CC2CC1=O. The molecule has 0 saturated carbocycles. The number of amides is 1. The summed E-state index contributed by atoms with van der Waals surface area (Å²) in [6, 6.07) is 4.89. The van der Waals surface area contributed by atoms with E-state index in [4.69, 9.17) is 5.73 Å². The highest BCUT2D eigenvalue weighted by Crippen LogP contribution is 2.50. The molecule has 5 rings (SSSR count). The van der Waals surface area contributed by atoms with Gasteiger partial charge in [-0.3, -0.25) is 14.4 Å². The fourth-order valence-corrected chi connectivity index (χ4v) is 5.35. The Bertz CT molecular complexity index is 1320. The molecule has 3 aliphatic rings. The number of allylic oxidation sites excluding steroid dienone is 2. The van der Waals surface area contributed by atoms with E-state index in [-0.39, 0.29) is 29.5 Å². The predicted octanol–water partition coefficient (Wildman–Crippen LogP) is 2.17. The highest BCUT2D eigenvalue weighted by atomic mass is 16.3. The number of phenols is 2. The maximum Gasteiger partial charge on any atom is 0.255 e. The van der Waals surface area contributed by atoms with Crippen LogP contribution in [0.2, 0.25) is 0 Å². The monoisotopic (exact) mass is 435 g/mol. The Labute approximate surface area is 182 Å². The van der Waals surface area contributed by atoms with Gasteiger partial charge in [0, 0.05) is 12.3 Å². The number of rotatable bonds is 2. The molecule has 2 unspecified atom stereocenters. The third kappa shape index (κ3) is 2.50. The first-order chi connectivity index (χ1) is 15.2. The van der Waals surface area contributed by atoms with Gasteiger partial charge in [-0.2, -0.15) is 0 Å². The Kier molecular flexibility index (Phi) is 4.22. The molecule has 2 aromatic rings. The second kappa shape index (κ2) is 6.67. The quantitative estimate of drug-likeness (QED) is 0.452. The molecular weight excluding hydrogens is 414 g/mol. The Hall–Kier alpha value is -3.65. The number of phenolic OH excluding ortho intramolecular Hbond substituents is 2. The summed E-state index contributed by atoms with van der Waals surface area (Å²) in [5.41, 5.74) is 3.85. The zero-order valence-corrected chi connectivity index (χ0v) is 17.0. The van der Waals surface area contributed by atoms with E-state index >= 15 is 0 Å². The van der Waals surface area contributed by atoms with Crippen LogP contribution >= 0.6 is 0 Å². The van der Waals surface area contributed by atoms with Gasteiger partial charge in [-0.15, -0.1) is 0 Å². The van der Waals surface area contributed by atoms with Gasteiger partial charge >= 0.3 is 0 Å². The summed E-state index contributed by atoms with van der Waals surface area (Å²) >= 11 is 0. The fraction of sp³-hybridized carbons (Fsp3) is 0.292. The molecule has 0 fully saturated rings. The number of aliphatic hydroxyl groups excluding tert-OH is 1. The van der Waals surface area contributed by atoms with E-state index in [1.54, 1.807) is 12.1 Å². The number of Topliss-reactive ketones (excluding diaryl/α,β-unsaturated/α-hetero) is 2. The molecular formula is C24H21NO7.